The lowest BCUT2D eigenvalue weighted by Crippen LogP contribution is -2.49. The number of aromatic nitrogens is 3. The Balaban J connectivity index is 1.57. The van der Waals surface area contributed by atoms with E-state index in [1.807, 2.05) is 41.6 Å². The third kappa shape index (κ3) is 2.80. The van der Waals surface area contributed by atoms with E-state index in [2.05, 4.69) is 14.9 Å². The van der Waals surface area contributed by atoms with Gasteiger partial charge in [-0.25, -0.2) is 9.97 Å². The average molecular weight is 370 g/mol. The van der Waals surface area contributed by atoms with Crippen LogP contribution in [0.4, 0.5) is 5.95 Å². The molecule has 1 aliphatic rings. The second-order valence-corrected chi connectivity index (χ2v) is 6.96. The molecule has 0 atom stereocenters. The molecule has 1 fully saturated rings. The lowest BCUT2D eigenvalue weighted by molar-refractivity contribution is 0.0736. The summed E-state index contributed by atoms with van der Waals surface area (Å²) in [4.78, 5) is 25.8. The third-order valence-corrected chi connectivity index (χ3v) is 5.25. The zero-order valence-electron chi connectivity index (χ0n) is 14.8. The van der Waals surface area contributed by atoms with Gasteiger partial charge in [0.25, 0.3) is 5.91 Å². The number of carbonyl (C=O) groups excluding carboxylic acids is 1. The number of nitrogens with zero attached hydrogens (tertiary/aromatic N) is 5. The fourth-order valence-corrected chi connectivity index (χ4v) is 3.79. The molecule has 3 aromatic rings. The molecule has 3 heterocycles. The van der Waals surface area contributed by atoms with Crippen molar-refractivity contribution in [1.29, 1.82) is 0 Å². The molecule has 0 radical (unpaired) electrons. The van der Waals surface area contributed by atoms with Crippen LogP contribution in [0.25, 0.3) is 10.9 Å². The van der Waals surface area contributed by atoms with Gasteiger partial charge in [-0.15, -0.1) is 0 Å². The van der Waals surface area contributed by atoms with E-state index >= 15 is 0 Å². The smallest absolute Gasteiger partial charge is 0.270 e. The minimum Gasteiger partial charge on any atom is -0.339 e. The van der Waals surface area contributed by atoms with Gasteiger partial charge in [0.2, 0.25) is 5.95 Å². The number of rotatable bonds is 2. The van der Waals surface area contributed by atoms with Gasteiger partial charge < -0.3 is 14.4 Å². The average Bonchev–Trinajstić information content (AvgIpc) is 2.92. The molecule has 0 unspecified atom stereocenters. The van der Waals surface area contributed by atoms with E-state index in [0.717, 1.165) is 41.2 Å². The number of amides is 1. The van der Waals surface area contributed by atoms with E-state index in [4.69, 9.17) is 11.6 Å². The Morgan fingerprint density at radius 3 is 2.50 bits per heavy atom. The van der Waals surface area contributed by atoms with Gasteiger partial charge in [-0.3, -0.25) is 4.79 Å². The van der Waals surface area contributed by atoms with Crippen molar-refractivity contribution in [3.8, 4) is 0 Å². The van der Waals surface area contributed by atoms with Gasteiger partial charge in [-0.2, -0.15) is 0 Å². The van der Waals surface area contributed by atoms with Crippen LogP contribution in [0.2, 0.25) is 5.02 Å². The molecular formula is C19H20ClN5O. The molecule has 2 aromatic heterocycles. The Kier molecular flexibility index (Phi) is 4.28. The van der Waals surface area contributed by atoms with Crippen LogP contribution in [0.15, 0.2) is 36.7 Å². The van der Waals surface area contributed by atoms with Crippen molar-refractivity contribution in [2.45, 2.75) is 6.92 Å². The SMILES string of the molecule is Cc1c(C(=O)N2CCN(c3ncccn3)CC2)n(C)c2ccc(Cl)cc12. The lowest BCUT2D eigenvalue weighted by Gasteiger charge is -2.34. The highest BCUT2D eigenvalue weighted by molar-refractivity contribution is 6.31. The van der Waals surface area contributed by atoms with Crippen LogP contribution in [-0.4, -0.2) is 51.5 Å². The van der Waals surface area contributed by atoms with Crippen molar-refractivity contribution in [3.63, 3.8) is 0 Å². The highest BCUT2D eigenvalue weighted by Gasteiger charge is 2.27. The molecule has 0 N–H and O–H groups in total. The molecule has 0 spiro atoms. The van der Waals surface area contributed by atoms with Crippen LogP contribution in [-0.2, 0) is 7.05 Å². The number of hydrogen-bond acceptors (Lipinski definition) is 4. The van der Waals surface area contributed by atoms with E-state index in [9.17, 15) is 4.79 Å². The monoisotopic (exact) mass is 369 g/mol. The molecule has 26 heavy (non-hydrogen) atoms. The maximum Gasteiger partial charge on any atom is 0.270 e. The van der Waals surface area contributed by atoms with E-state index in [1.165, 1.54) is 0 Å². The predicted octanol–water partition coefficient (Wildman–Crippen LogP) is 2.89. The van der Waals surface area contributed by atoms with Crippen LogP contribution in [0.5, 0.6) is 0 Å². The van der Waals surface area contributed by atoms with Gasteiger partial charge in [0, 0.05) is 61.5 Å². The van der Waals surface area contributed by atoms with Gasteiger partial charge >= 0.3 is 0 Å². The number of anilines is 1. The van der Waals surface area contributed by atoms with E-state index in [1.54, 1.807) is 18.5 Å². The van der Waals surface area contributed by atoms with Crippen molar-refractivity contribution >= 4 is 34.4 Å². The molecule has 1 saturated heterocycles. The quantitative estimate of drug-likeness (QED) is 0.697. The summed E-state index contributed by atoms with van der Waals surface area (Å²) < 4.78 is 1.97. The zero-order valence-corrected chi connectivity index (χ0v) is 15.6. The summed E-state index contributed by atoms with van der Waals surface area (Å²) in [6, 6.07) is 7.55. The molecule has 6 nitrogen and oxygen atoms in total. The number of hydrogen-bond donors (Lipinski definition) is 0. The first-order chi connectivity index (χ1) is 12.6. The fourth-order valence-electron chi connectivity index (χ4n) is 3.62. The third-order valence-electron chi connectivity index (χ3n) is 5.02. The van der Waals surface area contributed by atoms with Gasteiger partial charge in [0.05, 0.1) is 0 Å². The highest BCUT2D eigenvalue weighted by atomic mass is 35.5. The Bertz CT molecular complexity index is 961. The maximum atomic E-state index is 13.2. The molecule has 7 heteroatoms. The maximum absolute atomic E-state index is 13.2. The number of carbonyl (C=O) groups is 1. The summed E-state index contributed by atoms with van der Waals surface area (Å²) in [7, 11) is 1.94. The molecule has 0 aliphatic carbocycles. The number of benzene rings is 1. The summed E-state index contributed by atoms with van der Waals surface area (Å²) in [5.41, 5.74) is 2.72. The summed E-state index contributed by atoms with van der Waals surface area (Å²) in [6.45, 7) is 4.74. The summed E-state index contributed by atoms with van der Waals surface area (Å²) in [6.07, 6.45) is 3.48. The van der Waals surface area contributed by atoms with E-state index in [-0.39, 0.29) is 5.91 Å². The Morgan fingerprint density at radius 1 is 1.12 bits per heavy atom. The van der Waals surface area contributed by atoms with Crippen LogP contribution in [0.3, 0.4) is 0 Å². The second kappa shape index (κ2) is 6.61. The van der Waals surface area contributed by atoms with Gasteiger partial charge in [0.1, 0.15) is 5.69 Å². The summed E-state index contributed by atoms with van der Waals surface area (Å²) in [5.74, 6) is 0.779. The van der Waals surface area contributed by atoms with Crippen molar-refractivity contribution in [2.24, 2.45) is 7.05 Å². The van der Waals surface area contributed by atoms with Crippen LogP contribution < -0.4 is 4.90 Å². The van der Waals surface area contributed by atoms with Crippen molar-refractivity contribution in [3.05, 3.63) is 52.9 Å². The van der Waals surface area contributed by atoms with Crippen molar-refractivity contribution < 1.29 is 4.79 Å². The first kappa shape index (κ1) is 16.8. The standard InChI is InChI=1S/C19H20ClN5O/c1-13-15-12-14(20)4-5-16(15)23(2)17(13)18(26)24-8-10-25(11-9-24)19-21-6-3-7-22-19/h3-7,12H,8-11H2,1-2H3. The number of fused-ring (bicyclic) bond motifs is 1. The lowest BCUT2D eigenvalue weighted by atomic mass is 10.1. The molecule has 0 saturated carbocycles. The molecular weight excluding hydrogens is 350 g/mol. The van der Waals surface area contributed by atoms with Gasteiger partial charge in [0.15, 0.2) is 0 Å². The topological polar surface area (TPSA) is 54.3 Å². The summed E-state index contributed by atoms with van der Waals surface area (Å²) >= 11 is 6.13. The Hall–Kier alpha value is -2.60. The first-order valence-electron chi connectivity index (χ1n) is 8.62. The molecule has 0 bridgehead atoms. The molecule has 1 aromatic carbocycles. The largest absolute Gasteiger partial charge is 0.339 e. The molecule has 134 valence electrons. The number of halogens is 1. The molecule has 1 aliphatic heterocycles. The molecule has 4 rings (SSSR count). The van der Waals surface area contributed by atoms with Gasteiger partial charge in [-0.1, -0.05) is 11.6 Å². The fraction of sp³-hybridized carbons (Fsp3) is 0.316. The summed E-state index contributed by atoms with van der Waals surface area (Å²) in [5, 5.41) is 1.71. The number of piperazine rings is 1. The first-order valence-corrected chi connectivity index (χ1v) is 9.00. The van der Waals surface area contributed by atoms with Crippen LogP contribution in [0.1, 0.15) is 16.1 Å². The Labute approximate surface area is 157 Å². The normalized spacial score (nSPS) is 14.9. The minimum absolute atomic E-state index is 0.0611. The zero-order chi connectivity index (χ0) is 18.3. The molecule has 1 amide bonds. The van der Waals surface area contributed by atoms with Crippen LogP contribution in [0, 0.1) is 6.92 Å². The second-order valence-electron chi connectivity index (χ2n) is 6.52. The predicted molar refractivity (Wildman–Crippen MR) is 103 cm³/mol. The van der Waals surface area contributed by atoms with Gasteiger partial charge in [-0.05, 0) is 36.8 Å². The van der Waals surface area contributed by atoms with E-state index < -0.39 is 0 Å². The Morgan fingerprint density at radius 2 is 1.81 bits per heavy atom. The highest BCUT2D eigenvalue weighted by Crippen LogP contribution is 2.28. The van der Waals surface area contributed by atoms with Crippen molar-refractivity contribution in [2.75, 3.05) is 31.1 Å². The van der Waals surface area contributed by atoms with Crippen molar-refractivity contribution in [1.82, 2.24) is 19.4 Å². The van der Waals surface area contributed by atoms with E-state index in [0.29, 0.717) is 18.1 Å². The minimum atomic E-state index is 0.0611. The number of aryl methyl sites for hydroxylation is 2. The van der Waals surface area contributed by atoms with Crippen LogP contribution >= 0.6 is 11.6 Å².